The van der Waals surface area contributed by atoms with Crippen molar-refractivity contribution in [3.05, 3.63) is 67.0 Å². The molecule has 0 aliphatic rings. The van der Waals surface area contributed by atoms with Crippen LogP contribution in [-0.4, -0.2) is 14.5 Å². The number of hydrogen-bond donors (Lipinski definition) is 0. The van der Waals surface area contributed by atoms with Crippen LogP contribution in [0.3, 0.4) is 0 Å². The summed E-state index contributed by atoms with van der Waals surface area (Å²) in [5.41, 5.74) is 3.52. The van der Waals surface area contributed by atoms with Gasteiger partial charge < -0.3 is 8.92 Å². The average molecular weight is 261 g/mol. The highest BCUT2D eigenvalue weighted by Crippen LogP contribution is 2.25. The maximum Gasteiger partial charge on any atom is 0.187 e. The van der Waals surface area contributed by atoms with Crippen LogP contribution >= 0.6 is 0 Å². The van der Waals surface area contributed by atoms with Crippen molar-refractivity contribution in [1.29, 1.82) is 0 Å². The van der Waals surface area contributed by atoms with E-state index in [0.29, 0.717) is 5.76 Å². The van der Waals surface area contributed by atoms with Crippen molar-refractivity contribution in [2.45, 2.75) is 0 Å². The lowest BCUT2D eigenvalue weighted by Crippen LogP contribution is -1.77. The molecule has 0 spiro atoms. The SMILES string of the molecule is c1ccc(-c2cc(-c3cn4ccccc4n3)on2)cc1. The van der Waals surface area contributed by atoms with Gasteiger partial charge in [0, 0.05) is 24.0 Å². The van der Waals surface area contributed by atoms with Crippen LogP contribution in [0.15, 0.2) is 71.5 Å². The quantitative estimate of drug-likeness (QED) is 0.553. The fourth-order valence-corrected chi connectivity index (χ4v) is 2.19. The Morgan fingerprint density at radius 3 is 2.60 bits per heavy atom. The van der Waals surface area contributed by atoms with Crippen LogP contribution in [0.5, 0.6) is 0 Å². The molecular weight excluding hydrogens is 250 g/mol. The number of hydrogen-bond acceptors (Lipinski definition) is 3. The Morgan fingerprint density at radius 1 is 0.900 bits per heavy atom. The Bertz CT molecular complexity index is 828. The van der Waals surface area contributed by atoms with Crippen molar-refractivity contribution in [3.8, 4) is 22.7 Å². The first-order chi connectivity index (χ1) is 9.90. The van der Waals surface area contributed by atoms with Gasteiger partial charge in [-0.15, -0.1) is 0 Å². The zero-order valence-electron chi connectivity index (χ0n) is 10.6. The van der Waals surface area contributed by atoms with E-state index < -0.39 is 0 Å². The third kappa shape index (κ3) is 1.78. The number of aromatic nitrogens is 3. The molecule has 3 aromatic heterocycles. The first kappa shape index (κ1) is 11.0. The van der Waals surface area contributed by atoms with Crippen LogP contribution in [0.4, 0.5) is 0 Å². The van der Waals surface area contributed by atoms with E-state index >= 15 is 0 Å². The summed E-state index contributed by atoms with van der Waals surface area (Å²) in [7, 11) is 0. The van der Waals surface area contributed by atoms with Gasteiger partial charge in [0.2, 0.25) is 0 Å². The van der Waals surface area contributed by atoms with Crippen molar-refractivity contribution >= 4 is 5.65 Å². The smallest absolute Gasteiger partial charge is 0.187 e. The Labute approximate surface area is 115 Å². The molecule has 0 aliphatic heterocycles. The molecular formula is C16H11N3O. The number of benzene rings is 1. The molecule has 96 valence electrons. The minimum atomic E-state index is 0.674. The zero-order chi connectivity index (χ0) is 13.4. The van der Waals surface area contributed by atoms with Crippen molar-refractivity contribution in [2.75, 3.05) is 0 Å². The van der Waals surface area contributed by atoms with Crippen molar-refractivity contribution in [2.24, 2.45) is 0 Å². The molecule has 0 fully saturated rings. The van der Waals surface area contributed by atoms with Gasteiger partial charge in [0.15, 0.2) is 5.76 Å². The second-order valence-corrected chi connectivity index (χ2v) is 4.53. The highest BCUT2D eigenvalue weighted by atomic mass is 16.5. The van der Waals surface area contributed by atoms with Crippen LogP contribution in [0.25, 0.3) is 28.4 Å². The Hall–Kier alpha value is -2.88. The molecule has 0 N–H and O–H groups in total. The first-order valence-electron chi connectivity index (χ1n) is 6.36. The number of pyridine rings is 1. The molecule has 4 nitrogen and oxygen atoms in total. The first-order valence-corrected chi connectivity index (χ1v) is 6.36. The standard InChI is InChI=1S/C16H11N3O/c1-2-6-12(7-3-1)13-10-15(20-18-13)14-11-19-9-5-4-8-16(19)17-14/h1-11H. The van der Waals surface area contributed by atoms with Crippen LogP contribution in [0.2, 0.25) is 0 Å². The van der Waals surface area contributed by atoms with Gasteiger partial charge in [-0.05, 0) is 12.1 Å². The summed E-state index contributed by atoms with van der Waals surface area (Å²) in [4.78, 5) is 4.52. The largest absolute Gasteiger partial charge is 0.354 e. The van der Waals surface area contributed by atoms with E-state index in [0.717, 1.165) is 22.6 Å². The lowest BCUT2D eigenvalue weighted by Gasteiger charge is -1.91. The van der Waals surface area contributed by atoms with Crippen molar-refractivity contribution in [1.82, 2.24) is 14.5 Å². The topological polar surface area (TPSA) is 43.3 Å². The average Bonchev–Trinajstić information content (AvgIpc) is 3.14. The van der Waals surface area contributed by atoms with Gasteiger partial charge >= 0.3 is 0 Å². The maximum absolute atomic E-state index is 5.41. The molecule has 0 saturated carbocycles. The van der Waals surface area contributed by atoms with E-state index in [-0.39, 0.29) is 0 Å². The second-order valence-electron chi connectivity index (χ2n) is 4.53. The maximum atomic E-state index is 5.41. The molecule has 0 saturated heterocycles. The molecule has 4 aromatic rings. The summed E-state index contributed by atoms with van der Waals surface area (Å²) < 4.78 is 7.37. The van der Waals surface area contributed by atoms with Crippen LogP contribution in [-0.2, 0) is 0 Å². The van der Waals surface area contributed by atoms with E-state index in [2.05, 4.69) is 10.1 Å². The van der Waals surface area contributed by atoms with E-state index in [1.165, 1.54) is 0 Å². The number of imidazole rings is 1. The molecule has 4 rings (SSSR count). The molecule has 0 atom stereocenters. The third-order valence-corrected chi connectivity index (χ3v) is 3.20. The molecule has 3 heterocycles. The molecule has 0 bridgehead atoms. The van der Waals surface area contributed by atoms with Crippen molar-refractivity contribution in [3.63, 3.8) is 0 Å². The van der Waals surface area contributed by atoms with Crippen LogP contribution in [0, 0.1) is 0 Å². The summed E-state index contributed by atoms with van der Waals surface area (Å²) >= 11 is 0. The predicted molar refractivity (Wildman–Crippen MR) is 76.1 cm³/mol. The van der Waals surface area contributed by atoms with Gasteiger partial charge in [-0.3, -0.25) is 0 Å². The van der Waals surface area contributed by atoms with Crippen molar-refractivity contribution < 1.29 is 4.52 Å². The lowest BCUT2D eigenvalue weighted by molar-refractivity contribution is 0.434. The summed E-state index contributed by atoms with van der Waals surface area (Å²) in [6, 6.07) is 17.7. The Kier molecular flexibility index (Phi) is 2.39. The number of nitrogens with zero attached hydrogens (tertiary/aromatic N) is 3. The fraction of sp³-hybridized carbons (Fsp3) is 0. The normalized spacial score (nSPS) is 11.0. The highest BCUT2D eigenvalue weighted by molar-refractivity contribution is 5.66. The van der Waals surface area contributed by atoms with E-state index in [4.69, 9.17) is 4.52 Å². The number of fused-ring (bicyclic) bond motifs is 1. The summed E-state index contributed by atoms with van der Waals surface area (Å²) in [6.07, 6.45) is 3.89. The predicted octanol–water partition coefficient (Wildman–Crippen LogP) is 3.66. The minimum Gasteiger partial charge on any atom is -0.354 e. The molecule has 20 heavy (non-hydrogen) atoms. The minimum absolute atomic E-state index is 0.674. The molecule has 0 radical (unpaired) electrons. The van der Waals surface area contributed by atoms with Crippen LogP contribution in [0.1, 0.15) is 0 Å². The van der Waals surface area contributed by atoms with Gasteiger partial charge in [-0.25, -0.2) is 4.98 Å². The molecule has 1 aromatic carbocycles. The lowest BCUT2D eigenvalue weighted by atomic mass is 10.1. The van der Waals surface area contributed by atoms with Gasteiger partial charge in [-0.2, -0.15) is 0 Å². The Morgan fingerprint density at radius 2 is 1.75 bits per heavy atom. The Balaban J connectivity index is 1.78. The zero-order valence-corrected chi connectivity index (χ0v) is 10.6. The fourth-order valence-electron chi connectivity index (χ4n) is 2.19. The van der Waals surface area contributed by atoms with Crippen LogP contribution < -0.4 is 0 Å². The van der Waals surface area contributed by atoms with Gasteiger partial charge in [-0.1, -0.05) is 41.6 Å². The monoisotopic (exact) mass is 261 g/mol. The highest BCUT2D eigenvalue weighted by Gasteiger charge is 2.11. The van der Waals surface area contributed by atoms with Gasteiger partial charge in [0.25, 0.3) is 0 Å². The van der Waals surface area contributed by atoms with E-state index in [1.54, 1.807) is 0 Å². The summed E-state index contributed by atoms with van der Waals surface area (Å²) in [6.45, 7) is 0. The summed E-state index contributed by atoms with van der Waals surface area (Å²) in [5.74, 6) is 0.674. The second kappa shape index (κ2) is 4.35. The molecule has 0 unspecified atom stereocenters. The van der Waals surface area contributed by atoms with E-state index in [9.17, 15) is 0 Å². The number of rotatable bonds is 2. The molecule has 4 heteroatoms. The van der Waals surface area contributed by atoms with Gasteiger partial charge in [0.1, 0.15) is 17.0 Å². The molecule has 0 aliphatic carbocycles. The third-order valence-electron chi connectivity index (χ3n) is 3.20. The van der Waals surface area contributed by atoms with E-state index in [1.807, 2.05) is 71.4 Å². The summed E-state index contributed by atoms with van der Waals surface area (Å²) in [5, 5.41) is 4.11. The molecule has 0 amide bonds. The van der Waals surface area contributed by atoms with Gasteiger partial charge in [0.05, 0.1) is 0 Å².